The molecule has 1 fully saturated rings. The molecule has 0 radical (unpaired) electrons. The van der Waals surface area contributed by atoms with Gasteiger partial charge in [0.25, 0.3) is 0 Å². The van der Waals surface area contributed by atoms with Gasteiger partial charge in [-0.25, -0.2) is 0 Å². The summed E-state index contributed by atoms with van der Waals surface area (Å²) in [5.41, 5.74) is 3.63. The van der Waals surface area contributed by atoms with Crippen LogP contribution >= 0.6 is 24.0 Å². The maximum atomic E-state index is 12.4. The predicted octanol–water partition coefficient (Wildman–Crippen LogP) is 3.42. The van der Waals surface area contributed by atoms with E-state index < -0.39 is 0 Å². The van der Waals surface area contributed by atoms with Gasteiger partial charge >= 0.3 is 0 Å². The summed E-state index contributed by atoms with van der Waals surface area (Å²) < 4.78 is 5.40. The summed E-state index contributed by atoms with van der Waals surface area (Å²) in [5.74, 6) is 2.25. The number of hydrogen-bond acceptors (Lipinski definition) is 3. The number of aliphatic imine (C=N–C) groups is 1. The molecule has 7 heteroatoms. The Labute approximate surface area is 208 Å². The quantitative estimate of drug-likeness (QED) is 0.286. The van der Waals surface area contributed by atoms with Gasteiger partial charge in [-0.2, -0.15) is 0 Å². The Morgan fingerprint density at radius 2 is 1.91 bits per heavy atom. The standard InChI is InChI=1S/C25H34N4O2.HI/c1-19-9-10-21(15-23(19)31-3)11-13-27-25(26-2)28-17-22-16-24(30)29(18-22)14-12-20-7-5-4-6-8-20;/h4-10,15,22H,11-14,16-18H2,1-3H3,(H2,26,27,28);1H. The van der Waals surface area contributed by atoms with Crippen LogP contribution in [-0.4, -0.2) is 57.1 Å². The molecule has 0 aromatic heterocycles. The number of likely N-dealkylation sites (tertiary alicyclic amines) is 1. The van der Waals surface area contributed by atoms with Gasteiger partial charge in [0.05, 0.1) is 7.11 Å². The van der Waals surface area contributed by atoms with Gasteiger partial charge in [0.1, 0.15) is 5.75 Å². The second-order valence-corrected chi connectivity index (χ2v) is 8.08. The summed E-state index contributed by atoms with van der Waals surface area (Å²) >= 11 is 0. The smallest absolute Gasteiger partial charge is 0.223 e. The topological polar surface area (TPSA) is 66.0 Å². The highest BCUT2D eigenvalue weighted by Crippen LogP contribution is 2.19. The number of guanidine groups is 1. The Morgan fingerprint density at radius 1 is 1.12 bits per heavy atom. The molecule has 3 rings (SSSR count). The van der Waals surface area contributed by atoms with E-state index in [-0.39, 0.29) is 29.9 Å². The second kappa shape index (κ2) is 13.3. The van der Waals surface area contributed by atoms with E-state index in [1.54, 1.807) is 14.2 Å². The van der Waals surface area contributed by atoms with Crippen LogP contribution in [0.1, 0.15) is 23.1 Å². The molecule has 1 saturated heterocycles. The van der Waals surface area contributed by atoms with Crippen LogP contribution in [0.2, 0.25) is 0 Å². The number of rotatable bonds is 9. The molecule has 1 heterocycles. The van der Waals surface area contributed by atoms with Gasteiger partial charge in [-0.05, 0) is 42.5 Å². The van der Waals surface area contributed by atoms with E-state index in [4.69, 9.17) is 4.74 Å². The molecule has 2 N–H and O–H groups in total. The van der Waals surface area contributed by atoms with Crippen molar-refractivity contribution in [3.8, 4) is 5.75 Å². The van der Waals surface area contributed by atoms with E-state index in [1.807, 2.05) is 30.0 Å². The van der Waals surface area contributed by atoms with Crippen LogP contribution in [0.4, 0.5) is 0 Å². The molecule has 2 aromatic carbocycles. The molecular formula is C25H35IN4O2. The van der Waals surface area contributed by atoms with Crippen LogP contribution in [0, 0.1) is 12.8 Å². The number of benzene rings is 2. The van der Waals surface area contributed by atoms with Gasteiger partial charge in [0, 0.05) is 45.6 Å². The minimum Gasteiger partial charge on any atom is -0.496 e. The number of ether oxygens (including phenoxy) is 1. The second-order valence-electron chi connectivity index (χ2n) is 8.08. The lowest BCUT2D eigenvalue weighted by Crippen LogP contribution is -2.41. The van der Waals surface area contributed by atoms with Crippen molar-refractivity contribution >= 4 is 35.8 Å². The lowest BCUT2D eigenvalue weighted by atomic mass is 10.1. The van der Waals surface area contributed by atoms with Crippen molar-refractivity contribution in [2.75, 3.05) is 40.3 Å². The van der Waals surface area contributed by atoms with Crippen molar-refractivity contribution in [1.82, 2.24) is 15.5 Å². The SMILES string of the molecule is CN=C(NCCc1ccc(C)c(OC)c1)NCC1CC(=O)N(CCc2ccccc2)C1.I. The maximum Gasteiger partial charge on any atom is 0.223 e. The van der Waals surface area contributed by atoms with Gasteiger partial charge < -0.3 is 20.3 Å². The largest absolute Gasteiger partial charge is 0.496 e. The number of aryl methyl sites for hydroxylation is 1. The lowest BCUT2D eigenvalue weighted by Gasteiger charge is -2.18. The highest BCUT2D eigenvalue weighted by molar-refractivity contribution is 14.0. The minimum absolute atomic E-state index is 0. The van der Waals surface area contributed by atoms with Crippen molar-refractivity contribution in [3.05, 3.63) is 65.2 Å². The maximum absolute atomic E-state index is 12.4. The first-order chi connectivity index (χ1) is 15.1. The van der Waals surface area contributed by atoms with Crippen LogP contribution in [-0.2, 0) is 17.6 Å². The first kappa shape index (κ1) is 26.0. The number of carbonyl (C=O) groups is 1. The van der Waals surface area contributed by atoms with Gasteiger partial charge in [-0.1, -0.05) is 42.5 Å². The van der Waals surface area contributed by atoms with Crippen molar-refractivity contribution in [2.24, 2.45) is 10.9 Å². The number of methoxy groups -OCH3 is 1. The van der Waals surface area contributed by atoms with Crippen LogP contribution in [0.25, 0.3) is 0 Å². The van der Waals surface area contributed by atoms with Crippen LogP contribution in [0.3, 0.4) is 0 Å². The molecule has 1 aliphatic rings. The molecule has 1 atom stereocenters. The van der Waals surface area contributed by atoms with E-state index in [1.165, 1.54) is 11.1 Å². The van der Waals surface area contributed by atoms with E-state index in [0.29, 0.717) is 12.3 Å². The van der Waals surface area contributed by atoms with Crippen molar-refractivity contribution in [3.63, 3.8) is 0 Å². The molecule has 174 valence electrons. The summed E-state index contributed by atoms with van der Waals surface area (Å²) in [6, 6.07) is 16.6. The van der Waals surface area contributed by atoms with Gasteiger partial charge in [-0.3, -0.25) is 9.79 Å². The normalized spacial score (nSPS) is 16.0. The van der Waals surface area contributed by atoms with Gasteiger partial charge in [0.2, 0.25) is 5.91 Å². The van der Waals surface area contributed by atoms with Crippen LogP contribution in [0.15, 0.2) is 53.5 Å². The van der Waals surface area contributed by atoms with Crippen molar-refractivity contribution in [1.29, 1.82) is 0 Å². The van der Waals surface area contributed by atoms with E-state index in [9.17, 15) is 4.79 Å². The molecule has 32 heavy (non-hydrogen) atoms. The molecule has 0 spiro atoms. The fraction of sp³-hybridized carbons (Fsp3) is 0.440. The Balaban J connectivity index is 0.00000363. The Morgan fingerprint density at radius 3 is 2.62 bits per heavy atom. The molecule has 1 aliphatic heterocycles. The summed E-state index contributed by atoms with van der Waals surface area (Å²) in [6.45, 7) is 5.15. The highest BCUT2D eigenvalue weighted by atomic mass is 127. The average Bonchev–Trinajstić information content (AvgIpc) is 3.15. The fourth-order valence-electron chi connectivity index (χ4n) is 3.92. The molecule has 0 saturated carbocycles. The molecular weight excluding hydrogens is 515 g/mol. The highest BCUT2D eigenvalue weighted by Gasteiger charge is 2.29. The summed E-state index contributed by atoms with van der Waals surface area (Å²) in [4.78, 5) is 18.7. The zero-order chi connectivity index (χ0) is 22.1. The molecule has 1 amide bonds. The van der Waals surface area contributed by atoms with Crippen molar-refractivity contribution < 1.29 is 9.53 Å². The molecule has 2 aromatic rings. The summed E-state index contributed by atoms with van der Waals surface area (Å²) in [6.07, 6.45) is 2.38. The number of carbonyl (C=O) groups excluding carboxylic acids is 1. The molecule has 0 bridgehead atoms. The van der Waals surface area contributed by atoms with E-state index in [2.05, 4.69) is 46.0 Å². The third kappa shape index (κ3) is 7.69. The van der Waals surface area contributed by atoms with Crippen LogP contribution in [0.5, 0.6) is 5.75 Å². The zero-order valence-corrected chi connectivity index (χ0v) is 21.6. The monoisotopic (exact) mass is 550 g/mol. The number of hydrogen-bond donors (Lipinski definition) is 2. The Hall–Kier alpha value is -2.29. The Kier molecular flexibility index (Phi) is 10.8. The predicted molar refractivity (Wildman–Crippen MR) is 141 cm³/mol. The number of amides is 1. The number of nitrogens with zero attached hydrogens (tertiary/aromatic N) is 2. The van der Waals surface area contributed by atoms with Gasteiger partial charge in [0.15, 0.2) is 5.96 Å². The first-order valence-electron chi connectivity index (χ1n) is 11.0. The third-order valence-electron chi connectivity index (χ3n) is 5.77. The molecule has 0 aliphatic carbocycles. The zero-order valence-electron chi connectivity index (χ0n) is 19.3. The Bertz CT molecular complexity index is 889. The third-order valence-corrected chi connectivity index (χ3v) is 5.77. The van der Waals surface area contributed by atoms with E-state index >= 15 is 0 Å². The number of nitrogens with one attached hydrogen (secondary N) is 2. The molecule has 1 unspecified atom stereocenters. The first-order valence-corrected chi connectivity index (χ1v) is 11.0. The van der Waals surface area contributed by atoms with Crippen molar-refractivity contribution in [2.45, 2.75) is 26.2 Å². The summed E-state index contributed by atoms with van der Waals surface area (Å²) in [7, 11) is 3.48. The van der Waals surface area contributed by atoms with Crippen LogP contribution < -0.4 is 15.4 Å². The van der Waals surface area contributed by atoms with Gasteiger partial charge in [-0.15, -0.1) is 24.0 Å². The van der Waals surface area contributed by atoms with E-state index in [0.717, 1.165) is 56.3 Å². The fourth-order valence-corrected chi connectivity index (χ4v) is 3.92. The lowest BCUT2D eigenvalue weighted by molar-refractivity contribution is -0.127. The number of halogens is 1. The molecule has 6 nitrogen and oxygen atoms in total. The summed E-state index contributed by atoms with van der Waals surface area (Å²) in [5, 5.41) is 6.74. The average molecular weight is 550 g/mol. The minimum atomic E-state index is 0.